The highest BCUT2D eigenvalue weighted by molar-refractivity contribution is 5.95. The van der Waals surface area contributed by atoms with Crippen LogP contribution >= 0.6 is 0 Å². The van der Waals surface area contributed by atoms with E-state index >= 15 is 0 Å². The molecule has 0 saturated heterocycles. The fourth-order valence-corrected chi connectivity index (χ4v) is 2.72. The molecule has 3 rings (SSSR count). The van der Waals surface area contributed by atoms with Crippen molar-refractivity contribution in [1.29, 1.82) is 0 Å². The first-order chi connectivity index (χ1) is 9.25. The number of carbonyl (C=O) groups excluding carboxylic acids is 1. The van der Waals surface area contributed by atoms with Gasteiger partial charge in [0, 0.05) is 23.9 Å². The number of aromatic amines is 1. The Morgan fingerprint density at radius 2 is 2.00 bits per heavy atom. The monoisotopic (exact) mass is 254 g/mol. The van der Waals surface area contributed by atoms with Gasteiger partial charge in [-0.2, -0.15) is 0 Å². The van der Waals surface area contributed by atoms with Gasteiger partial charge in [-0.3, -0.25) is 4.79 Å². The summed E-state index contributed by atoms with van der Waals surface area (Å²) in [6, 6.07) is 12.5. The second-order valence-corrected chi connectivity index (χ2v) is 5.19. The van der Waals surface area contributed by atoms with Crippen LogP contribution in [0.3, 0.4) is 0 Å². The van der Waals surface area contributed by atoms with Crippen molar-refractivity contribution in [2.24, 2.45) is 0 Å². The number of nitrogens with one attached hydrogen (secondary N) is 2. The molecule has 1 saturated carbocycles. The summed E-state index contributed by atoms with van der Waals surface area (Å²) in [4.78, 5) is 15.2. The summed E-state index contributed by atoms with van der Waals surface area (Å²) in [5, 5.41) is 3.15. The van der Waals surface area contributed by atoms with Gasteiger partial charge in [0.2, 0.25) is 0 Å². The fraction of sp³-hybridized carbons (Fsp3) is 0.312. The summed E-state index contributed by atoms with van der Waals surface area (Å²) in [6.45, 7) is 1.92. The summed E-state index contributed by atoms with van der Waals surface area (Å²) >= 11 is 0. The minimum atomic E-state index is 0.0318. The van der Waals surface area contributed by atoms with E-state index in [2.05, 4.69) is 34.6 Å². The topological polar surface area (TPSA) is 44.9 Å². The molecule has 0 radical (unpaired) electrons. The first-order valence-corrected chi connectivity index (χ1v) is 6.75. The van der Waals surface area contributed by atoms with Crippen LogP contribution in [0.5, 0.6) is 0 Å². The van der Waals surface area contributed by atoms with Crippen LogP contribution in [-0.4, -0.2) is 16.9 Å². The molecule has 1 fully saturated rings. The quantitative estimate of drug-likeness (QED) is 0.869. The Kier molecular flexibility index (Phi) is 3.11. The van der Waals surface area contributed by atoms with Gasteiger partial charge in [-0.25, -0.2) is 0 Å². The molecule has 98 valence electrons. The molecule has 1 aromatic carbocycles. The third-order valence-corrected chi connectivity index (χ3v) is 4.02. The Bertz CT molecular complexity index is 573. The van der Waals surface area contributed by atoms with Gasteiger partial charge >= 0.3 is 0 Å². The van der Waals surface area contributed by atoms with Gasteiger partial charge in [-0.05, 0) is 31.4 Å². The van der Waals surface area contributed by atoms with E-state index in [1.807, 2.05) is 19.1 Å². The van der Waals surface area contributed by atoms with Crippen LogP contribution in [-0.2, 0) is 0 Å². The molecule has 3 heteroatoms. The standard InChI is InChI=1S/C16H18N2O/c1-11-13(9-10-17-11)16(19)18-15-8-7-14(15)12-5-3-2-4-6-12/h2-6,9-10,14-15,17H,7-8H2,1H3,(H,18,19)/t14-,15+/m1/s1. The lowest BCUT2D eigenvalue weighted by Gasteiger charge is -2.37. The number of H-pyrrole nitrogens is 1. The first-order valence-electron chi connectivity index (χ1n) is 6.75. The van der Waals surface area contributed by atoms with E-state index in [1.54, 1.807) is 6.20 Å². The van der Waals surface area contributed by atoms with E-state index < -0.39 is 0 Å². The molecule has 0 aliphatic heterocycles. The van der Waals surface area contributed by atoms with E-state index in [1.165, 1.54) is 5.56 Å². The molecule has 2 atom stereocenters. The molecule has 1 heterocycles. The average Bonchev–Trinajstić information content (AvgIpc) is 2.82. The van der Waals surface area contributed by atoms with E-state index in [-0.39, 0.29) is 11.9 Å². The second-order valence-electron chi connectivity index (χ2n) is 5.19. The predicted molar refractivity (Wildman–Crippen MR) is 75.2 cm³/mol. The first kappa shape index (κ1) is 12.0. The summed E-state index contributed by atoms with van der Waals surface area (Å²) in [5.74, 6) is 0.494. The number of aromatic nitrogens is 1. The number of amides is 1. The maximum atomic E-state index is 12.2. The fourth-order valence-electron chi connectivity index (χ4n) is 2.72. The molecule has 19 heavy (non-hydrogen) atoms. The maximum absolute atomic E-state index is 12.2. The number of aryl methyl sites for hydroxylation is 1. The molecule has 3 nitrogen and oxygen atoms in total. The van der Waals surface area contributed by atoms with Gasteiger partial charge in [0.25, 0.3) is 5.91 Å². The predicted octanol–water partition coefficient (Wildman–Crippen LogP) is 3.00. The normalized spacial score (nSPS) is 21.7. The van der Waals surface area contributed by atoms with Gasteiger partial charge in [0.1, 0.15) is 0 Å². The van der Waals surface area contributed by atoms with Crippen molar-refractivity contribution in [2.45, 2.75) is 31.7 Å². The lowest BCUT2D eigenvalue weighted by atomic mass is 9.75. The van der Waals surface area contributed by atoms with Gasteiger partial charge in [0.05, 0.1) is 5.56 Å². The Morgan fingerprint density at radius 3 is 2.58 bits per heavy atom. The zero-order valence-electron chi connectivity index (χ0n) is 11.0. The van der Waals surface area contributed by atoms with Crippen molar-refractivity contribution in [3.05, 3.63) is 59.4 Å². The minimum absolute atomic E-state index is 0.0318. The maximum Gasteiger partial charge on any atom is 0.253 e. The molecular weight excluding hydrogens is 236 g/mol. The van der Waals surface area contributed by atoms with Gasteiger partial charge in [-0.15, -0.1) is 0 Å². The van der Waals surface area contributed by atoms with Crippen molar-refractivity contribution < 1.29 is 4.79 Å². The number of hydrogen-bond donors (Lipinski definition) is 2. The highest BCUT2D eigenvalue weighted by Crippen LogP contribution is 2.36. The molecule has 0 bridgehead atoms. The van der Waals surface area contributed by atoms with Gasteiger partial charge < -0.3 is 10.3 Å². The molecule has 0 unspecified atom stereocenters. The van der Waals surface area contributed by atoms with E-state index in [0.717, 1.165) is 24.1 Å². The Morgan fingerprint density at radius 1 is 1.21 bits per heavy atom. The lowest BCUT2D eigenvalue weighted by Crippen LogP contribution is -2.45. The van der Waals surface area contributed by atoms with Crippen molar-refractivity contribution in [2.75, 3.05) is 0 Å². The van der Waals surface area contributed by atoms with Gasteiger partial charge in [-0.1, -0.05) is 30.3 Å². The Hall–Kier alpha value is -2.03. The Labute approximate surface area is 113 Å². The molecule has 1 aliphatic carbocycles. The van der Waals surface area contributed by atoms with E-state index in [9.17, 15) is 4.79 Å². The summed E-state index contributed by atoms with van der Waals surface area (Å²) in [5.41, 5.74) is 3.00. The van der Waals surface area contributed by atoms with Crippen LogP contribution < -0.4 is 5.32 Å². The van der Waals surface area contributed by atoms with Crippen LogP contribution in [0.2, 0.25) is 0 Å². The number of rotatable bonds is 3. The van der Waals surface area contributed by atoms with Crippen LogP contribution in [0.4, 0.5) is 0 Å². The van der Waals surface area contributed by atoms with Crippen molar-refractivity contribution in [1.82, 2.24) is 10.3 Å². The van der Waals surface area contributed by atoms with E-state index in [4.69, 9.17) is 0 Å². The van der Waals surface area contributed by atoms with E-state index in [0.29, 0.717) is 5.92 Å². The smallest absolute Gasteiger partial charge is 0.253 e. The molecule has 1 amide bonds. The van der Waals surface area contributed by atoms with Crippen LogP contribution in [0.1, 0.15) is 40.4 Å². The molecule has 1 aliphatic rings. The minimum Gasteiger partial charge on any atom is -0.365 e. The zero-order chi connectivity index (χ0) is 13.2. The average molecular weight is 254 g/mol. The number of benzene rings is 1. The zero-order valence-corrected chi connectivity index (χ0v) is 11.0. The third kappa shape index (κ3) is 2.28. The van der Waals surface area contributed by atoms with Crippen LogP contribution in [0, 0.1) is 6.92 Å². The SMILES string of the molecule is Cc1[nH]ccc1C(=O)N[C@H]1CC[C@@H]1c1ccccc1. The van der Waals surface area contributed by atoms with Crippen molar-refractivity contribution in [3.63, 3.8) is 0 Å². The molecular formula is C16H18N2O. The highest BCUT2D eigenvalue weighted by atomic mass is 16.1. The summed E-state index contributed by atoms with van der Waals surface area (Å²) < 4.78 is 0. The molecule has 1 aromatic heterocycles. The highest BCUT2D eigenvalue weighted by Gasteiger charge is 2.33. The Balaban J connectivity index is 1.68. The van der Waals surface area contributed by atoms with Crippen LogP contribution in [0.25, 0.3) is 0 Å². The lowest BCUT2D eigenvalue weighted by molar-refractivity contribution is 0.0904. The van der Waals surface area contributed by atoms with Crippen molar-refractivity contribution >= 4 is 5.91 Å². The largest absolute Gasteiger partial charge is 0.365 e. The molecule has 2 aromatic rings. The molecule has 0 spiro atoms. The van der Waals surface area contributed by atoms with Crippen LogP contribution in [0.15, 0.2) is 42.6 Å². The van der Waals surface area contributed by atoms with Gasteiger partial charge in [0.15, 0.2) is 0 Å². The third-order valence-electron chi connectivity index (χ3n) is 4.02. The number of carbonyl (C=O) groups is 1. The second kappa shape index (κ2) is 4.92. The summed E-state index contributed by atoms with van der Waals surface area (Å²) in [7, 11) is 0. The molecule has 2 N–H and O–H groups in total. The number of hydrogen-bond acceptors (Lipinski definition) is 1. The summed E-state index contributed by atoms with van der Waals surface area (Å²) in [6.07, 6.45) is 4.02. The van der Waals surface area contributed by atoms with Crippen molar-refractivity contribution in [3.8, 4) is 0 Å².